The summed E-state index contributed by atoms with van der Waals surface area (Å²) in [6.07, 6.45) is -0.188. The van der Waals surface area contributed by atoms with Gasteiger partial charge in [-0.2, -0.15) is 0 Å². The van der Waals surface area contributed by atoms with Gasteiger partial charge in [-0.3, -0.25) is 0 Å². The fraction of sp³-hybridized carbons (Fsp3) is 0.400. The zero-order chi connectivity index (χ0) is 12.2. The van der Waals surface area contributed by atoms with Gasteiger partial charge in [0.15, 0.2) is 0 Å². The van der Waals surface area contributed by atoms with E-state index in [1.54, 1.807) is 19.1 Å². The minimum atomic E-state index is -3.63. The molecule has 0 spiro atoms. The fourth-order valence-corrected chi connectivity index (χ4v) is 2.36. The van der Waals surface area contributed by atoms with Gasteiger partial charge in [-0.25, -0.2) is 13.1 Å². The Morgan fingerprint density at radius 1 is 1.44 bits per heavy atom. The van der Waals surface area contributed by atoms with E-state index >= 15 is 0 Å². The highest BCUT2D eigenvalue weighted by molar-refractivity contribution is 7.89. The maximum absolute atomic E-state index is 11.8. The van der Waals surface area contributed by atoms with Gasteiger partial charge in [0.05, 0.1) is 11.8 Å². The zero-order valence-corrected chi connectivity index (χ0v) is 9.87. The van der Waals surface area contributed by atoms with Crippen LogP contribution < -0.4 is 10.5 Å². The Kier molecular flexibility index (Phi) is 4.28. The molecule has 0 radical (unpaired) electrons. The molecule has 0 heterocycles. The number of nitrogens with two attached hydrogens (primary N) is 1. The molecule has 0 aliphatic carbocycles. The lowest BCUT2D eigenvalue weighted by molar-refractivity contribution is 0.174. The van der Waals surface area contributed by atoms with E-state index in [0.29, 0.717) is 6.42 Å². The van der Waals surface area contributed by atoms with Gasteiger partial charge in [0.25, 0.3) is 0 Å². The molecule has 1 rings (SSSR count). The van der Waals surface area contributed by atoms with Crippen molar-refractivity contribution < 1.29 is 13.5 Å². The molecule has 1 atom stereocenters. The van der Waals surface area contributed by atoms with Gasteiger partial charge in [0, 0.05) is 6.54 Å². The van der Waals surface area contributed by atoms with E-state index in [1.807, 2.05) is 0 Å². The first kappa shape index (κ1) is 13.0. The second-order valence-electron chi connectivity index (χ2n) is 3.45. The van der Waals surface area contributed by atoms with Crippen LogP contribution >= 0.6 is 0 Å². The molecule has 1 unspecified atom stereocenters. The highest BCUT2D eigenvalue weighted by atomic mass is 32.2. The summed E-state index contributed by atoms with van der Waals surface area (Å²) in [5, 5.41) is 9.28. The molecule has 16 heavy (non-hydrogen) atoms. The number of hydrogen-bond donors (Lipinski definition) is 3. The van der Waals surface area contributed by atoms with Crippen molar-refractivity contribution in [3.63, 3.8) is 0 Å². The number of aliphatic hydroxyl groups is 1. The van der Waals surface area contributed by atoms with Crippen molar-refractivity contribution in [1.29, 1.82) is 0 Å². The van der Waals surface area contributed by atoms with Crippen molar-refractivity contribution in [2.24, 2.45) is 0 Å². The topological polar surface area (TPSA) is 92.4 Å². The summed E-state index contributed by atoms with van der Waals surface area (Å²) in [6.45, 7) is 1.77. The summed E-state index contributed by atoms with van der Waals surface area (Å²) in [7, 11) is -3.63. The maximum atomic E-state index is 11.8. The number of rotatable bonds is 5. The van der Waals surface area contributed by atoms with Crippen LogP contribution in [-0.2, 0) is 10.0 Å². The first-order valence-corrected chi connectivity index (χ1v) is 6.48. The predicted octanol–water partition coefficient (Wildman–Crippen LogP) is 0.318. The number of nitrogens with one attached hydrogen (secondary N) is 1. The summed E-state index contributed by atoms with van der Waals surface area (Å²) in [5.74, 6) is 0. The molecule has 5 nitrogen and oxygen atoms in total. The van der Waals surface area contributed by atoms with E-state index < -0.39 is 16.1 Å². The van der Waals surface area contributed by atoms with Crippen LogP contribution in [0.5, 0.6) is 0 Å². The Hall–Kier alpha value is -1.11. The molecular weight excluding hydrogens is 228 g/mol. The lowest BCUT2D eigenvalue weighted by Crippen LogP contribution is -2.32. The van der Waals surface area contributed by atoms with E-state index in [9.17, 15) is 13.5 Å². The zero-order valence-electron chi connectivity index (χ0n) is 9.05. The smallest absolute Gasteiger partial charge is 0.242 e. The summed E-state index contributed by atoms with van der Waals surface area (Å²) >= 11 is 0. The summed E-state index contributed by atoms with van der Waals surface area (Å²) in [5.41, 5.74) is 5.76. The van der Waals surface area contributed by atoms with E-state index in [1.165, 1.54) is 12.1 Å². The van der Waals surface area contributed by atoms with Gasteiger partial charge in [-0.1, -0.05) is 19.1 Å². The van der Waals surface area contributed by atoms with Crippen LogP contribution in [0.3, 0.4) is 0 Å². The van der Waals surface area contributed by atoms with Gasteiger partial charge in [-0.05, 0) is 18.6 Å². The third-order valence-corrected chi connectivity index (χ3v) is 3.69. The number of sulfonamides is 1. The highest BCUT2D eigenvalue weighted by Crippen LogP contribution is 2.16. The number of nitrogen functional groups attached to an aromatic ring is 1. The van der Waals surface area contributed by atoms with Crippen molar-refractivity contribution in [3.8, 4) is 0 Å². The molecule has 1 aromatic carbocycles. The van der Waals surface area contributed by atoms with Crippen LogP contribution in [-0.4, -0.2) is 26.2 Å². The molecule has 6 heteroatoms. The summed E-state index contributed by atoms with van der Waals surface area (Å²) in [4.78, 5) is 0.0401. The molecule has 0 amide bonds. The van der Waals surface area contributed by atoms with Gasteiger partial charge >= 0.3 is 0 Å². The van der Waals surface area contributed by atoms with Crippen LogP contribution in [0, 0.1) is 0 Å². The van der Waals surface area contributed by atoms with Crippen molar-refractivity contribution >= 4 is 15.7 Å². The van der Waals surface area contributed by atoms with E-state index in [2.05, 4.69) is 4.72 Å². The average Bonchev–Trinajstić information content (AvgIpc) is 2.26. The minimum Gasteiger partial charge on any atom is -0.398 e. The largest absolute Gasteiger partial charge is 0.398 e. The van der Waals surface area contributed by atoms with Crippen LogP contribution in [0.1, 0.15) is 13.3 Å². The quantitative estimate of drug-likeness (QED) is 0.650. The Labute approximate surface area is 95.3 Å². The third kappa shape index (κ3) is 3.19. The molecule has 1 aromatic rings. The van der Waals surface area contributed by atoms with Crippen LogP contribution in [0.4, 0.5) is 5.69 Å². The van der Waals surface area contributed by atoms with Gasteiger partial charge < -0.3 is 10.8 Å². The monoisotopic (exact) mass is 244 g/mol. The Balaban J connectivity index is 2.83. The number of anilines is 1. The second-order valence-corrected chi connectivity index (χ2v) is 5.19. The standard InChI is InChI=1S/C10H16N2O3S/c1-2-8(13)7-12-16(14,15)10-6-4-3-5-9(10)11/h3-6,8,12-13H,2,7,11H2,1H3. The normalized spacial score (nSPS) is 13.6. The molecule has 90 valence electrons. The molecular formula is C10H16N2O3S. The Bertz CT molecular complexity index is 445. The molecule has 0 aliphatic rings. The second kappa shape index (κ2) is 5.29. The molecule has 0 saturated heterocycles. The number of aliphatic hydroxyl groups excluding tert-OH is 1. The van der Waals surface area contributed by atoms with E-state index in [-0.39, 0.29) is 17.1 Å². The summed E-state index contributed by atoms with van der Waals surface area (Å²) < 4.78 is 25.9. The first-order chi connectivity index (χ1) is 7.47. The number of para-hydroxylation sites is 1. The summed E-state index contributed by atoms with van der Waals surface area (Å²) in [6, 6.07) is 6.21. The minimum absolute atomic E-state index is 0.00678. The van der Waals surface area contributed by atoms with Crippen molar-refractivity contribution in [3.05, 3.63) is 24.3 Å². The molecule has 0 aliphatic heterocycles. The highest BCUT2D eigenvalue weighted by Gasteiger charge is 2.17. The van der Waals surface area contributed by atoms with Crippen molar-refractivity contribution in [2.75, 3.05) is 12.3 Å². The number of hydrogen-bond acceptors (Lipinski definition) is 4. The fourth-order valence-electron chi connectivity index (χ4n) is 1.15. The molecule has 0 fully saturated rings. The van der Waals surface area contributed by atoms with Gasteiger partial charge in [-0.15, -0.1) is 0 Å². The van der Waals surface area contributed by atoms with Crippen LogP contribution in [0.2, 0.25) is 0 Å². The Morgan fingerprint density at radius 2 is 2.06 bits per heavy atom. The predicted molar refractivity (Wildman–Crippen MR) is 62.3 cm³/mol. The van der Waals surface area contributed by atoms with E-state index in [4.69, 9.17) is 5.73 Å². The lowest BCUT2D eigenvalue weighted by atomic mass is 10.3. The maximum Gasteiger partial charge on any atom is 0.242 e. The van der Waals surface area contributed by atoms with Crippen LogP contribution in [0.25, 0.3) is 0 Å². The Morgan fingerprint density at radius 3 is 2.62 bits per heavy atom. The van der Waals surface area contributed by atoms with E-state index in [0.717, 1.165) is 0 Å². The lowest BCUT2D eigenvalue weighted by Gasteiger charge is -2.11. The molecule has 0 bridgehead atoms. The SMILES string of the molecule is CCC(O)CNS(=O)(=O)c1ccccc1N. The van der Waals surface area contributed by atoms with Gasteiger partial charge in [0.2, 0.25) is 10.0 Å². The third-order valence-electron chi connectivity index (χ3n) is 2.19. The first-order valence-electron chi connectivity index (χ1n) is 4.99. The van der Waals surface area contributed by atoms with Crippen molar-refractivity contribution in [2.45, 2.75) is 24.3 Å². The number of benzene rings is 1. The molecule has 0 aromatic heterocycles. The van der Waals surface area contributed by atoms with Crippen molar-refractivity contribution in [1.82, 2.24) is 4.72 Å². The van der Waals surface area contributed by atoms with Crippen LogP contribution in [0.15, 0.2) is 29.2 Å². The average molecular weight is 244 g/mol. The van der Waals surface area contributed by atoms with Gasteiger partial charge in [0.1, 0.15) is 4.90 Å². The molecule has 0 saturated carbocycles. The molecule has 4 N–H and O–H groups in total.